The van der Waals surface area contributed by atoms with E-state index in [-0.39, 0.29) is 24.7 Å². The van der Waals surface area contributed by atoms with Gasteiger partial charge in [-0.3, -0.25) is 25.2 Å². The molecule has 1 heterocycles. The molecule has 0 spiro atoms. The Balaban J connectivity index is 1.55. The molecule has 0 unspecified atom stereocenters. The van der Waals surface area contributed by atoms with E-state index >= 15 is 0 Å². The summed E-state index contributed by atoms with van der Waals surface area (Å²) in [7, 11) is 0. The van der Waals surface area contributed by atoms with Gasteiger partial charge in [0.25, 0.3) is 0 Å². The van der Waals surface area contributed by atoms with Crippen molar-refractivity contribution in [1.82, 2.24) is 21.2 Å². The second-order valence-corrected chi connectivity index (χ2v) is 6.50. The first-order valence-electron chi connectivity index (χ1n) is 8.97. The van der Waals surface area contributed by atoms with Crippen molar-refractivity contribution in [3.05, 3.63) is 71.9 Å². The molecular weight excluding hydrogens is 356 g/mol. The number of H-pyrrole nitrogens is 1. The number of amides is 3. The molecule has 4 N–H and O–H groups in total. The monoisotopic (exact) mass is 378 g/mol. The van der Waals surface area contributed by atoms with E-state index in [1.807, 2.05) is 54.6 Å². The lowest BCUT2D eigenvalue weighted by Gasteiger charge is -2.18. The average Bonchev–Trinajstić information content (AvgIpc) is 3.09. The van der Waals surface area contributed by atoms with Crippen LogP contribution < -0.4 is 16.2 Å². The van der Waals surface area contributed by atoms with Crippen molar-refractivity contribution < 1.29 is 14.4 Å². The van der Waals surface area contributed by atoms with E-state index in [0.29, 0.717) is 0 Å². The van der Waals surface area contributed by atoms with Crippen molar-refractivity contribution in [2.75, 3.05) is 0 Å². The van der Waals surface area contributed by atoms with Gasteiger partial charge in [-0.2, -0.15) is 0 Å². The van der Waals surface area contributed by atoms with Crippen LogP contribution in [0.25, 0.3) is 10.9 Å². The Morgan fingerprint density at radius 1 is 0.929 bits per heavy atom. The van der Waals surface area contributed by atoms with E-state index in [1.165, 1.54) is 6.92 Å². The van der Waals surface area contributed by atoms with Crippen LogP contribution in [0.4, 0.5) is 0 Å². The molecule has 2 aromatic carbocycles. The van der Waals surface area contributed by atoms with Gasteiger partial charge in [0, 0.05) is 24.0 Å². The van der Waals surface area contributed by atoms with Crippen molar-refractivity contribution in [1.29, 1.82) is 0 Å². The van der Waals surface area contributed by atoms with E-state index in [0.717, 1.165) is 22.0 Å². The van der Waals surface area contributed by atoms with E-state index in [4.69, 9.17) is 0 Å². The summed E-state index contributed by atoms with van der Waals surface area (Å²) in [6.45, 7) is 1.40. The number of benzene rings is 2. The van der Waals surface area contributed by atoms with Crippen molar-refractivity contribution in [2.45, 2.75) is 25.8 Å². The Kier molecular flexibility index (Phi) is 6.06. The van der Waals surface area contributed by atoms with Gasteiger partial charge in [-0.05, 0) is 17.2 Å². The average molecular weight is 378 g/mol. The number of carbonyl (C=O) groups excluding carboxylic acids is 3. The number of hydrogen-bond donors (Lipinski definition) is 4. The molecule has 1 atom stereocenters. The Labute approximate surface area is 162 Å². The zero-order valence-electron chi connectivity index (χ0n) is 15.5. The summed E-state index contributed by atoms with van der Waals surface area (Å²) < 4.78 is 0. The molecule has 3 amide bonds. The number of hydrazine groups is 1. The number of aromatic nitrogens is 1. The quantitative estimate of drug-likeness (QED) is 0.494. The number of para-hydroxylation sites is 1. The predicted molar refractivity (Wildman–Crippen MR) is 106 cm³/mol. The molecule has 0 saturated heterocycles. The van der Waals surface area contributed by atoms with E-state index < -0.39 is 11.9 Å². The van der Waals surface area contributed by atoms with Gasteiger partial charge in [0.2, 0.25) is 17.7 Å². The number of fused-ring (bicyclic) bond motifs is 1. The standard InChI is InChI=1S/C21H22N4O3/c1-14(26)23-19(15-7-3-2-4-8-15)12-21(28)25-24-20(27)11-16-13-22-18-10-6-5-9-17(16)18/h2-10,13,19,22H,11-12H2,1H3,(H,23,26)(H,24,27)(H,25,28)/t19-/m0/s1. The summed E-state index contributed by atoms with van der Waals surface area (Å²) in [6, 6.07) is 16.4. The van der Waals surface area contributed by atoms with Crippen molar-refractivity contribution in [2.24, 2.45) is 0 Å². The third kappa shape index (κ3) is 4.97. The second-order valence-electron chi connectivity index (χ2n) is 6.50. The van der Waals surface area contributed by atoms with Crippen molar-refractivity contribution in [3.8, 4) is 0 Å². The molecule has 0 radical (unpaired) electrons. The van der Waals surface area contributed by atoms with Gasteiger partial charge < -0.3 is 10.3 Å². The lowest BCUT2D eigenvalue weighted by Crippen LogP contribution is -2.43. The zero-order chi connectivity index (χ0) is 19.9. The molecule has 0 fully saturated rings. The number of hydrogen-bond acceptors (Lipinski definition) is 3. The normalized spacial score (nSPS) is 11.6. The first-order chi connectivity index (χ1) is 13.5. The predicted octanol–water partition coefficient (Wildman–Crippen LogP) is 2.13. The smallest absolute Gasteiger partial charge is 0.242 e. The van der Waals surface area contributed by atoms with Crippen LogP contribution in [0.3, 0.4) is 0 Å². The molecule has 0 aliphatic heterocycles. The molecule has 7 nitrogen and oxygen atoms in total. The van der Waals surface area contributed by atoms with Crippen LogP contribution in [0.15, 0.2) is 60.8 Å². The topological polar surface area (TPSA) is 103 Å². The van der Waals surface area contributed by atoms with Crippen LogP contribution in [-0.2, 0) is 20.8 Å². The van der Waals surface area contributed by atoms with E-state index in [1.54, 1.807) is 6.20 Å². The van der Waals surface area contributed by atoms with Crippen LogP contribution in [-0.4, -0.2) is 22.7 Å². The highest BCUT2D eigenvalue weighted by atomic mass is 16.2. The first-order valence-corrected chi connectivity index (χ1v) is 8.97. The molecule has 7 heteroatoms. The third-order valence-electron chi connectivity index (χ3n) is 4.34. The molecule has 28 heavy (non-hydrogen) atoms. The van der Waals surface area contributed by atoms with Crippen LogP contribution >= 0.6 is 0 Å². The number of aromatic amines is 1. The first kappa shape index (κ1) is 19.2. The van der Waals surface area contributed by atoms with Gasteiger partial charge in [-0.15, -0.1) is 0 Å². The van der Waals surface area contributed by atoms with Gasteiger partial charge in [0.15, 0.2) is 0 Å². The minimum Gasteiger partial charge on any atom is -0.361 e. The molecule has 0 aliphatic rings. The Morgan fingerprint density at radius 2 is 1.61 bits per heavy atom. The highest BCUT2D eigenvalue weighted by Gasteiger charge is 2.17. The van der Waals surface area contributed by atoms with Crippen LogP contribution in [0, 0.1) is 0 Å². The molecular formula is C21H22N4O3. The van der Waals surface area contributed by atoms with Gasteiger partial charge in [-0.25, -0.2) is 0 Å². The van der Waals surface area contributed by atoms with E-state index in [9.17, 15) is 14.4 Å². The molecule has 0 aliphatic carbocycles. The zero-order valence-corrected chi connectivity index (χ0v) is 15.5. The SMILES string of the molecule is CC(=O)N[C@@H](CC(=O)NNC(=O)Cc1c[nH]c2ccccc12)c1ccccc1. The molecule has 144 valence electrons. The van der Waals surface area contributed by atoms with Gasteiger partial charge >= 0.3 is 0 Å². The Bertz CT molecular complexity index is 981. The summed E-state index contributed by atoms with van der Waals surface area (Å²) in [5.41, 5.74) is 7.47. The van der Waals surface area contributed by atoms with Gasteiger partial charge in [0.1, 0.15) is 0 Å². The second kappa shape index (κ2) is 8.85. The molecule has 3 aromatic rings. The van der Waals surface area contributed by atoms with Crippen molar-refractivity contribution in [3.63, 3.8) is 0 Å². The Hall–Kier alpha value is -3.61. The fraction of sp³-hybridized carbons (Fsp3) is 0.190. The van der Waals surface area contributed by atoms with Crippen LogP contribution in [0.5, 0.6) is 0 Å². The molecule has 0 bridgehead atoms. The summed E-state index contributed by atoms with van der Waals surface area (Å²) >= 11 is 0. The highest BCUT2D eigenvalue weighted by Crippen LogP contribution is 2.18. The van der Waals surface area contributed by atoms with Crippen molar-refractivity contribution >= 4 is 28.6 Å². The maximum Gasteiger partial charge on any atom is 0.242 e. The summed E-state index contributed by atoms with van der Waals surface area (Å²) in [5.74, 6) is -0.950. The molecule has 0 saturated carbocycles. The summed E-state index contributed by atoms with van der Waals surface area (Å²) in [5, 5.41) is 3.73. The fourth-order valence-electron chi connectivity index (χ4n) is 3.05. The third-order valence-corrected chi connectivity index (χ3v) is 4.34. The summed E-state index contributed by atoms with van der Waals surface area (Å²) in [6.07, 6.45) is 1.93. The molecule has 3 rings (SSSR count). The maximum atomic E-state index is 12.2. The van der Waals surface area contributed by atoms with Gasteiger partial charge in [-0.1, -0.05) is 48.5 Å². The lowest BCUT2D eigenvalue weighted by molar-refractivity contribution is -0.129. The number of carbonyl (C=O) groups is 3. The van der Waals surface area contributed by atoms with Crippen LogP contribution in [0.1, 0.15) is 30.5 Å². The lowest BCUT2D eigenvalue weighted by atomic mass is 10.0. The fourth-order valence-corrected chi connectivity index (χ4v) is 3.05. The maximum absolute atomic E-state index is 12.2. The number of rotatable bonds is 6. The minimum absolute atomic E-state index is 0.0109. The van der Waals surface area contributed by atoms with Crippen LogP contribution in [0.2, 0.25) is 0 Å². The number of nitrogens with one attached hydrogen (secondary N) is 4. The molecule has 1 aromatic heterocycles. The van der Waals surface area contributed by atoms with E-state index in [2.05, 4.69) is 21.2 Å². The highest BCUT2D eigenvalue weighted by molar-refractivity contribution is 5.90. The Morgan fingerprint density at radius 3 is 2.36 bits per heavy atom. The largest absolute Gasteiger partial charge is 0.361 e. The summed E-state index contributed by atoms with van der Waals surface area (Å²) in [4.78, 5) is 39.0. The van der Waals surface area contributed by atoms with Gasteiger partial charge in [0.05, 0.1) is 18.9 Å². The minimum atomic E-state index is -0.468.